The van der Waals surface area contributed by atoms with E-state index in [4.69, 9.17) is 5.11 Å². The first-order valence-corrected chi connectivity index (χ1v) is 11.9. The van der Waals surface area contributed by atoms with E-state index < -0.39 is 59.6 Å². The predicted octanol–water partition coefficient (Wildman–Crippen LogP) is 5.34. The molecular formula is C26H26F6N2O5. The second kappa shape index (κ2) is 12.0. The number of ether oxygens (including phenoxy) is 1. The van der Waals surface area contributed by atoms with Gasteiger partial charge in [0.2, 0.25) is 0 Å². The number of carboxylic acids is 1. The summed E-state index contributed by atoms with van der Waals surface area (Å²) in [6.07, 6.45) is -10.4. The molecule has 212 valence electrons. The van der Waals surface area contributed by atoms with Gasteiger partial charge >= 0.3 is 24.4 Å². The van der Waals surface area contributed by atoms with Crippen molar-refractivity contribution in [3.8, 4) is 0 Å². The Morgan fingerprint density at radius 2 is 1.59 bits per heavy atom. The number of benzene rings is 2. The second-order valence-electron chi connectivity index (χ2n) is 9.27. The smallest absolute Gasteiger partial charge is 0.416 e. The van der Waals surface area contributed by atoms with Gasteiger partial charge in [-0.3, -0.25) is 14.5 Å². The van der Waals surface area contributed by atoms with E-state index in [0.717, 1.165) is 17.6 Å². The Labute approximate surface area is 219 Å². The van der Waals surface area contributed by atoms with Gasteiger partial charge in [0.05, 0.1) is 18.2 Å². The van der Waals surface area contributed by atoms with E-state index >= 15 is 0 Å². The third-order valence-electron chi connectivity index (χ3n) is 6.47. The molecule has 2 unspecified atom stereocenters. The van der Waals surface area contributed by atoms with Gasteiger partial charge in [0, 0.05) is 24.7 Å². The lowest BCUT2D eigenvalue weighted by molar-refractivity contribution is -0.143. The zero-order chi connectivity index (χ0) is 29.0. The molecule has 2 aromatic rings. The van der Waals surface area contributed by atoms with Crippen LogP contribution >= 0.6 is 0 Å². The van der Waals surface area contributed by atoms with Crippen LogP contribution < -0.4 is 0 Å². The summed E-state index contributed by atoms with van der Waals surface area (Å²) in [6, 6.07) is 8.93. The second-order valence-corrected chi connectivity index (χ2v) is 9.27. The van der Waals surface area contributed by atoms with Gasteiger partial charge < -0.3 is 14.7 Å². The van der Waals surface area contributed by atoms with Gasteiger partial charge in [-0.15, -0.1) is 0 Å². The maximum atomic E-state index is 13.4. The highest BCUT2D eigenvalue weighted by atomic mass is 19.4. The number of piperidine rings is 1. The number of carbonyl (C=O) groups excluding carboxylic acids is 2. The van der Waals surface area contributed by atoms with Crippen LogP contribution in [0.3, 0.4) is 0 Å². The Hall–Kier alpha value is -3.77. The summed E-state index contributed by atoms with van der Waals surface area (Å²) in [4.78, 5) is 38.9. The summed E-state index contributed by atoms with van der Waals surface area (Å²) in [5.41, 5.74) is -3.14. The molecule has 2 amide bonds. The van der Waals surface area contributed by atoms with Crippen molar-refractivity contribution < 1.29 is 50.6 Å². The summed E-state index contributed by atoms with van der Waals surface area (Å²) in [7, 11) is 1.10. The minimum Gasteiger partial charge on any atom is -0.480 e. The van der Waals surface area contributed by atoms with E-state index in [1.807, 2.05) is 0 Å². The van der Waals surface area contributed by atoms with Crippen LogP contribution in [0.15, 0.2) is 48.5 Å². The number of alkyl halides is 6. The Kier molecular flexibility index (Phi) is 9.13. The maximum absolute atomic E-state index is 13.4. The van der Waals surface area contributed by atoms with Crippen LogP contribution in [0.5, 0.6) is 0 Å². The fourth-order valence-electron chi connectivity index (χ4n) is 4.70. The van der Waals surface area contributed by atoms with E-state index in [1.165, 1.54) is 4.90 Å². The number of aliphatic carboxylic acids is 1. The number of carboxylic acid groups (broad SMARTS) is 1. The lowest BCUT2D eigenvalue weighted by Gasteiger charge is -2.41. The number of amides is 2. The van der Waals surface area contributed by atoms with Crippen molar-refractivity contribution in [1.82, 2.24) is 9.80 Å². The van der Waals surface area contributed by atoms with Crippen molar-refractivity contribution in [3.63, 3.8) is 0 Å². The van der Waals surface area contributed by atoms with E-state index in [0.29, 0.717) is 12.1 Å². The summed E-state index contributed by atoms with van der Waals surface area (Å²) >= 11 is 0. The van der Waals surface area contributed by atoms with Crippen molar-refractivity contribution >= 4 is 18.0 Å². The molecule has 0 aliphatic carbocycles. The number of methoxy groups -OCH3 is 1. The molecule has 7 nitrogen and oxygen atoms in total. The normalized spacial score (nSPS) is 18.0. The summed E-state index contributed by atoms with van der Waals surface area (Å²) in [6.45, 7) is -0.672. The van der Waals surface area contributed by atoms with E-state index in [9.17, 15) is 40.7 Å². The topological polar surface area (TPSA) is 87.2 Å². The number of likely N-dealkylation sites (tertiary alicyclic amines) is 1. The third-order valence-corrected chi connectivity index (χ3v) is 6.47. The number of hydrogen-bond acceptors (Lipinski definition) is 4. The van der Waals surface area contributed by atoms with E-state index in [-0.39, 0.29) is 44.3 Å². The van der Waals surface area contributed by atoms with Crippen molar-refractivity contribution in [2.45, 2.75) is 37.7 Å². The third kappa shape index (κ3) is 7.87. The van der Waals surface area contributed by atoms with Gasteiger partial charge in [0.1, 0.15) is 6.54 Å². The van der Waals surface area contributed by atoms with Crippen LogP contribution in [-0.4, -0.2) is 65.7 Å². The molecule has 0 aromatic heterocycles. The predicted molar refractivity (Wildman–Crippen MR) is 126 cm³/mol. The molecule has 0 spiro atoms. The number of halogens is 6. The molecule has 13 heteroatoms. The summed E-state index contributed by atoms with van der Waals surface area (Å²) < 4.78 is 85.0. The van der Waals surface area contributed by atoms with Crippen molar-refractivity contribution in [3.05, 3.63) is 70.8 Å². The Morgan fingerprint density at radius 3 is 2.10 bits per heavy atom. The van der Waals surface area contributed by atoms with Crippen LogP contribution in [0.1, 0.15) is 39.9 Å². The van der Waals surface area contributed by atoms with E-state index in [2.05, 4.69) is 4.74 Å². The molecule has 0 saturated carbocycles. The molecule has 1 aliphatic rings. The molecule has 3 rings (SSSR count). The van der Waals surface area contributed by atoms with Gasteiger partial charge in [-0.25, -0.2) is 4.79 Å². The highest BCUT2D eigenvalue weighted by Gasteiger charge is 2.39. The van der Waals surface area contributed by atoms with Gasteiger partial charge in [-0.2, -0.15) is 26.3 Å². The molecule has 1 heterocycles. The Bertz CT molecular complexity index is 1150. The molecule has 1 aliphatic heterocycles. The minimum atomic E-state index is -5.10. The standard InChI is InChI=1S/C26H26F6N2O5/c1-39-24(38)33(15-22(35)36)14-17-7-8-34(21(10-17)9-16-5-3-2-4-6-16)23(37)18-11-19(25(27,28)29)13-20(12-18)26(30,31)32/h2-6,11-13,17,21H,7-10,14-15H2,1H3,(H,35,36). The molecule has 39 heavy (non-hydrogen) atoms. The molecular weight excluding hydrogens is 534 g/mol. The van der Waals surface area contributed by atoms with Crippen LogP contribution in [0.2, 0.25) is 0 Å². The average Bonchev–Trinajstić information content (AvgIpc) is 2.86. The van der Waals surface area contributed by atoms with Crippen molar-refractivity contribution in [2.75, 3.05) is 26.7 Å². The Morgan fingerprint density at radius 1 is 1.00 bits per heavy atom. The quantitative estimate of drug-likeness (QED) is 0.462. The van der Waals surface area contributed by atoms with Crippen LogP contribution in [0.25, 0.3) is 0 Å². The first-order chi connectivity index (χ1) is 18.2. The summed E-state index contributed by atoms with van der Waals surface area (Å²) in [5, 5.41) is 9.14. The van der Waals surface area contributed by atoms with E-state index in [1.54, 1.807) is 30.3 Å². The first-order valence-electron chi connectivity index (χ1n) is 11.9. The molecule has 2 atom stereocenters. The number of rotatable bonds is 7. The number of hydrogen-bond donors (Lipinski definition) is 1. The summed E-state index contributed by atoms with van der Waals surface area (Å²) in [5.74, 6) is -2.56. The van der Waals surface area contributed by atoms with Gasteiger partial charge in [-0.05, 0) is 48.9 Å². The van der Waals surface area contributed by atoms with Gasteiger partial charge in [0.25, 0.3) is 5.91 Å². The van der Waals surface area contributed by atoms with Crippen molar-refractivity contribution in [1.29, 1.82) is 0 Å². The fraction of sp³-hybridized carbons (Fsp3) is 0.423. The molecule has 1 saturated heterocycles. The first kappa shape index (κ1) is 29.8. The highest BCUT2D eigenvalue weighted by Crippen LogP contribution is 2.37. The largest absolute Gasteiger partial charge is 0.480 e. The molecule has 0 radical (unpaired) electrons. The molecule has 2 aromatic carbocycles. The maximum Gasteiger partial charge on any atom is 0.416 e. The molecule has 1 N–H and O–H groups in total. The molecule has 1 fully saturated rings. The highest BCUT2D eigenvalue weighted by molar-refractivity contribution is 5.95. The fourth-order valence-corrected chi connectivity index (χ4v) is 4.70. The van der Waals surface area contributed by atoms with Gasteiger partial charge in [0.15, 0.2) is 0 Å². The number of carbonyl (C=O) groups is 3. The van der Waals surface area contributed by atoms with Crippen molar-refractivity contribution in [2.24, 2.45) is 5.92 Å². The van der Waals surface area contributed by atoms with Crippen LogP contribution in [0, 0.1) is 5.92 Å². The monoisotopic (exact) mass is 560 g/mol. The zero-order valence-electron chi connectivity index (χ0n) is 20.8. The Balaban J connectivity index is 1.94. The SMILES string of the molecule is COC(=O)N(CC(=O)O)CC1CCN(C(=O)c2cc(C(F)(F)F)cc(C(F)(F)F)c2)C(Cc2ccccc2)C1. The average molecular weight is 560 g/mol. The van der Waals surface area contributed by atoms with Crippen LogP contribution in [-0.2, 0) is 28.3 Å². The number of nitrogens with zero attached hydrogens (tertiary/aromatic N) is 2. The van der Waals surface area contributed by atoms with Gasteiger partial charge in [-0.1, -0.05) is 30.3 Å². The lowest BCUT2D eigenvalue weighted by Crippen LogP contribution is -2.50. The zero-order valence-corrected chi connectivity index (χ0v) is 20.8. The molecule has 0 bridgehead atoms. The van der Waals surface area contributed by atoms with Crippen LogP contribution in [0.4, 0.5) is 31.1 Å². The minimum absolute atomic E-state index is 0.0198. The lowest BCUT2D eigenvalue weighted by atomic mass is 9.86.